The Kier molecular flexibility index (Phi) is 5.15. The molecule has 20 heavy (non-hydrogen) atoms. The summed E-state index contributed by atoms with van der Waals surface area (Å²) in [5, 5.41) is 5.03. The maximum atomic E-state index is 6.23. The predicted octanol–water partition coefficient (Wildman–Crippen LogP) is 2.70. The van der Waals surface area contributed by atoms with Crippen LogP contribution in [0.15, 0.2) is 30.6 Å². The zero-order chi connectivity index (χ0) is 14.5. The summed E-state index contributed by atoms with van der Waals surface area (Å²) < 4.78 is 1.94. The Morgan fingerprint density at radius 2 is 2.00 bits per heavy atom. The Labute approximate surface area is 125 Å². The van der Waals surface area contributed by atoms with Gasteiger partial charge in [-0.2, -0.15) is 5.10 Å². The van der Waals surface area contributed by atoms with Gasteiger partial charge in [-0.05, 0) is 24.0 Å². The zero-order valence-electron chi connectivity index (χ0n) is 12.0. The molecular weight excluding hydrogens is 272 g/mol. The van der Waals surface area contributed by atoms with E-state index >= 15 is 0 Å². The zero-order valence-corrected chi connectivity index (χ0v) is 12.7. The minimum absolute atomic E-state index is 0.00925. The minimum Gasteiger partial charge on any atom is -0.327 e. The Morgan fingerprint density at radius 3 is 2.70 bits per heavy atom. The van der Waals surface area contributed by atoms with Crippen LogP contribution in [-0.2, 0) is 19.4 Å². The topological polar surface area (TPSA) is 56.7 Å². The minimum atomic E-state index is -0.00925. The highest BCUT2D eigenvalue weighted by Crippen LogP contribution is 2.17. The standard InChI is InChI=1S/C15H21ClN4/c1-11(2)9-20-15(18-10-19-20)8-13(17)7-12-5-3-4-6-14(12)16/h3-6,10-11,13H,7-9,17H2,1-2H3. The van der Waals surface area contributed by atoms with Crippen LogP contribution in [-0.4, -0.2) is 20.8 Å². The summed E-state index contributed by atoms with van der Waals surface area (Å²) in [4.78, 5) is 4.31. The van der Waals surface area contributed by atoms with E-state index in [1.54, 1.807) is 6.33 Å². The molecule has 0 saturated carbocycles. The molecule has 0 amide bonds. The lowest BCUT2D eigenvalue weighted by Gasteiger charge is -2.14. The second kappa shape index (κ2) is 6.86. The molecular formula is C15H21ClN4. The summed E-state index contributed by atoms with van der Waals surface area (Å²) >= 11 is 6.16. The number of halogens is 1. The summed E-state index contributed by atoms with van der Waals surface area (Å²) in [5.41, 5.74) is 7.31. The van der Waals surface area contributed by atoms with Crippen LogP contribution in [0.25, 0.3) is 0 Å². The second-order valence-electron chi connectivity index (χ2n) is 5.51. The number of hydrogen-bond acceptors (Lipinski definition) is 3. The summed E-state index contributed by atoms with van der Waals surface area (Å²) in [6.45, 7) is 5.19. The van der Waals surface area contributed by atoms with Crippen molar-refractivity contribution in [3.63, 3.8) is 0 Å². The molecule has 0 aliphatic heterocycles. The Balaban J connectivity index is 2.00. The normalized spacial score (nSPS) is 12.8. The summed E-state index contributed by atoms with van der Waals surface area (Å²) in [6.07, 6.45) is 3.05. The highest BCUT2D eigenvalue weighted by molar-refractivity contribution is 6.31. The van der Waals surface area contributed by atoms with Crippen LogP contribution in [0.4, 0.5) is 0 Å². The largest absolute Gasteiger partial charge is 0.327 e. The van der Waals surface area contributed by atoms with Crippen molar-refractivity contribution in [2.24, 2.45) is 11.7 Å². The SMILES string of the molecule is CC(C)Cn1ncnc1CC(N)Cc1ccccc1Cl. The summed E-state index contributed by atoms with van der Waals surface area (Å²) in [7, 11) is 0. The van der Waals surface area contributed by atoms with E-state index in [4.69, 9.17) is 17.3 Å². The van der Waals surface area contributed by atoms with Crippen LogP contribution in [0.1, 0.15) is 25.2 Å². The number of benzene rings is 1. The average Bonchev–Trinajstić information content (AvgIpc) is 2.78. The van der Waals surface area contributed by atoms with Gasteiger partial charge in [-0.25, -0.2) is 9.67 Å². The maximum absolute atomic E-state index is 6.23. The van der Waals surface area contributed by atoms with Gasteiger partial charge in [-0.1, -0.05) is 43.6 Å². The fourth-order valence-electron chi connectivity index (χ4n) is 2.20. The van der Waals surface area contributed by atoms with Crippen molar-refractivity contribution >= 4 is 11.6 Å². The molecule has 4 nitrogen and oxygen atoms in total. The number of nitrogens with zero attached hydrogens (tertiary/aromatic N) is 3. The average molecular weight is 293 g/mol. The van der Waals surface area contributed by atoms with E-state index in [0.29, 0.717) is 12.3 Å². The molecule has 0 aliphatic rings. The molecule has 0 bridgehead atoms. The van der Waals surface area contributed by atoms with Crippen LogP contribution in [0.2, 0.25) is 5.02 Å². The summed E-state index contributed by atoms with van der Waals surface area (Å²) in [6, 6.07) is 7.81. The van der Waals surface area contributed by atoms with Crippen molar-refractivity contribution < 1.29 is 0 Å². The molecule has 108 valence electrons. The third-order valence-corrected chi connectivity index (χ3v) is 3.49. The first-order chi connectivity index (χ1) is 9.56. The van der Waals surface area contributed by atoms with Crippen LogP contribution in [0, 0.1) is 5.92 Å². The maximum Gasteiger partial charge on any atom is 0.138 e. The predicted molar refractivity (Wildman–Crippen MR) is 81.7 cm³/mol. The van der Waals surface area contributed by atoms with Crippen LogP contribution in [0.5, 0.6) is 0 Å². The number of rotatable bonds is 6. The van der Waals surface area contributed by atoms with Crippen LogP contribution in [0.3, 0.4) is 0 Å². The smallest absolute Gasteiger partial charge is 0.138 e. The van der Waals surface area contributed by atoms with E-state index in [9.17, 15) is 0 Å². The second-order valence-corrected chi connectivity index (χ2v) is 5.92. The molecule has 2 aromatic rings. The lowest BCUT2D eigenvalue weighted by molar-refractivity contribution is 0.457. The van der Waals surface area contributed by atoms with Gasteiger partial charge in [-0.15, -0.1) is 0 Å². The molecule has 1 aromatic heterocycles. The van der Waals surface area contributed by atoms with Gasteiger partial charge in [0.05, 0.1) is 0 Å². The van der Waals surface area contributed by atoms with Gasteiger partial charge in [0.2, 0.25) is 0 Å². The number of nitrogens with two attached hydrogens (primary N) is 1. The molecule has 2 rings (SSSR count). The monoisotopic (exact) mass is 292 g/mol. The first-order valence-corrected chi connectivity index (χ1v) is 7.29. The van der Waals surface area contributed by atoms with Crippen molar-refractivity contribution in [3.05, 3.63) is 47.0 Å². The van der Waals surface area contributed by atoms with Crippen LogP contribution >= 0.6 is 11.6 Å². The lowest BCUT2D eigenvalue weighted by atomic mass is 10.0. The molecule has 0 fully saturated rings. The van der Waals surface area contributed by atoms with E-state index in [1.165, 1.54) is 0 Å². The number of hydrogen-bond donors (Lipinski definition) is 1. The first-order valence-electron chi connectivity index (χ1n) is 6.92. The van der Waals surface area contributed by atoms with Gasteiger partial charge in [-0.3, -0.25) is 0 Å². The molecule has 2 N–H and O–H groups in total. The van der Waals surface area contributed by atoms with Gasteiger partial charge in [0.25, 0.3) is 0 Å². The molecule has 1 unspecified atom stereocenters. The summed E-state index contributed by atoms with van der Waals surface area (Å²) in [5.74, 6) is 1.48. The highest BCUT2D eigenvalue weighted by atomic mass is 35.5. The lowest BCUT2D eigenvalue weighted by Crippen LogP contribution is -2.28. The third kappa shape index (κ3) is 4.05. The first kappa shape index (κ1) is 15.0. The van der Waals surface area contributed by atoms with Crippen molar-refractivity contribution in [2.45, 2.75) is 39.3 Å². The van der Waals surface area contributed by atoms with Gasteiger partial charge in [0.15, 0.2) is 0 Å². The van der Waals surface area contributed by atoms with Crippen molar-refractivity contribution in [3.8, 4) is 0 Å². The Bertz CT molecular complexity index is 550. The molecule has 0 spiro atoms. The van der Waals surface area contributed by atoms with E-state index < -0.39 is 0 Å². The van der Waals surface area contributed by atoms with Crippen molar-refractivity contribution in [2.75, 3.05) is 0 Å². The van der Waals surface area contributed by atoms with Gasteiger partial charge < -0.3 is 5.73 Å². The molecule has 1 atom stereocenters. The molecule has 0 radical (unpaired) electrons. The quantitative estimate of drug-likeness (QED) is 0.890. The van der Waals surface area contributed by atoms with Crippen LogP contribution < -0.4 is 5.73 Å². The fraction of sp³-hybridized carbons (Fsp3) is 0.467. The van der Waals surface area contributed by atoms with E-state index in [0.717, 1.165) is 29.4 Å². The van der Waals surface area contributed by atoms with E-state index in [2.05, 4.69) is 23.9 Å². The molecule has 0 aliphatic carbocycles. The molecule has 1 heterocycles. The van der Waals surface area contributed by atoms with E-state index in [-0.39, 0.29) is 6.04 Å². The fourth-order valence-corrected chi connectivity index (χ4v) is 2.41. The van der Waals surface area contributed by atoms with Gasteiger partial charge in [0.1, 0.15) is 12.2 Å². The molecule has 1 aromatic carbocycles. The van der Waals surface area contributed by atoms with Crippen molar-refractivity contribution in [1.82, 2.24) is 14.8 Å². The van der Waals surface area contributed by atoms with Gasteiger partial charge >= 0.3 is 0 Å². The molecule has 5 heteroatoms. The highest BCUT2D eigenvalue weighted by Gasteiger charge is 2.13. The Hall–Kier alpha value is -1.39. The van der Waals surface area contributed by atoms with E-state index in [1.807, 2.05) is 28.9 Å². The number of aromatic nitrogens is 3. The Morgan fingerprint density at radius 1 is 1.25 bits per heavy atom. The molecule has 0 saturated heterocycles. The third-order valence-electron chi connectivity index (χ3n) is 3.12. The van der Waals surface area contributed by atoms with Crippen molar-refractivity contribution in [1.29, 1.82) is 0 Å². The van der Waals surface area contributed by atoms with Gasteiger partial charge in [0, 0.05) is 24.0 Å².